The Balaban J connectivity index is 1.15. The van der Waals surface area contributed by atoms with Gasteiger partial charge in [-0.05, 0) is 60.8 Å². The van der Waals surface area contributed by atoms with Crippen LogP contribution in [0.1, 0.15) is 60.8 Å². The van der Waals surface area contributed by atoms with Crippen molar-refractivity contribution in [1.29, 1.82) is 0 Å². The predicted molar refractivity (Wildman–Crippen MR) is 243 cm³/mol. The molecule has 0 aromatic heterocycles. The number of carbonyl (C=O) groups is 6. The van der Waals surface area contributed by atoms with E-state index in [-0.39, 0.29) is 39.5 Å². The molecule has 0 spiro atoms. The van der Waals surface area contributed by atoms with E-state index in [1.165, 1.54) is 0 Å². The zero-order chi connectivity index (χ0) is 46.2. The minimum Gasteiger partial charge on any atom is -0.445 e. The molecule has 7 N–H and O–H groups in total. The smallest absolute Gasteiger partial charge is 0.408 e. The normalized spacial score (nSPS) is 11.4. The van der Waals surface area contributed by atoms with Crippen molar-refractivity contribution in [3.05, 3.63) is 144 Å². The van der Waals surface area contributed by atoms with Crippen molar-refractivity contribution in [2.45, 2.75) is 77.0 Å². The van der Waals surface area contributed by atoms with Gasteiger partial charge in [0.15, 0.2) is 0 Å². The SMILES string of the molecule is O=C(NCCCCC(NC(=O)OCc1ccccc1)C(=O)NCCNCCNC(=O)[C@H](CCCCNC(=O)OCc1ccccc1)NC(=O)OCc1ccccc1)OCc1ccccc1. The number of hydrogen-bond donors (Lipinski definition) is 7. The van der Waals surface area contributed by atoms with Crippen molar-refractivity contribution in [3.8, 4) is 0 Å². The zero-order valence-corrected chi connectivity index (χ0v) is 36.6. The molecule has 0 aliphatic heterocycles. The average Bonchev–Trinajstić information content (AvgIpc) is 3.33. The molecule has 4 aromatic rings. The first-order chi connectivity index (χ1) is 31.7. The lowest BCUT2D eigenvalue weighted by atomic mass is 10.1. The van der Waals surface area contributed by atoms with Crippen molar-refractivity contribution >= 4 is 36.2 Å². The molecule has 17 nitrogen and oxygen atoms in total. The van der Waals surface area contributed by atoms with Gasteiger partial charge in [0.05, 0.1) is 0 Å². The Morgan fingerprint density at radius 3 is 0.985 bits per heavy atom. The summed E-state index contributed by atoms with van der Waals surface area (Å²) in [5.74, 6) is -0.807. The summed E-state index contributed by atoms with van der Waals surface area (Å²) >= 11 is 0. The highest BCUT2D eigenvalue weighted by atomic mass is 16.6. The van der Waals surface area contributed by atoms with E-state index in [2.05, 4.69) is 37.2 Å². The van der Waals surface area contributed by atoms with Crippen LogP contribution in [0.15, 0.2) is 121 Å². The molecular weight excluding hydrogens is 835 g/mol. The summed E-state index contributed by atoms with van der Waals surface area (Å²) < 4.78 is 21.2. The number of unbranched alkanes of at least 4 members (excludes halogenated alkanes) is 2. The van der Waals surface area contributed by atoms with Gasteiger partial charge >= 0.3 is 24.4 Å². The van der Waals surface area contributed by atoms with E-state index in [9.17, 15) is 28.8 Å². The molecule has 1 unspecified atom stereocenters. The third kappa shape index (κ3) is 22.7. The Kier molecular flexibility index (Phi) is 24.0. The fourth-order valence-electron chi connectivity index (χ4n) is 6.15. The molecule has 0 saturated heterocycles. The summed E-state index contributed by atoms with van der Waals surface area (Å²) in [6.45, 7) is 2.19. The topological polar surface area (TPSA) is 224 Å². The van der Waals surface area contributed by atoms with Crippen LogP contribution >= 0.6 is 0 Å². The molecule has 0 bridgehead atoms. The van der Waals surface area contributed by atoms with Crippen molar-refractivity contribution in [3.63, 3.8) is 0 Å². The monoisotopic (exact) mass is 895 g/mol. The molecule has 0 radical (unpaired) electrons. The lowest BCUT2D eigenvalue weighted by Crippen LogP contribution is -2.49. The molecule has 0 heterocycles. The van der Waals surface area contributed by atoms with Crippen molar-refractivity contribution < 1.29 is 47.7 Å². The van der Waals surface area contributed by atoms with Crippen LogP contribution in [0.25, 0.3) is 0 Å². The van der Waals surface area contributed by atoms with Crippen molar-refractivity contribution in [2.24, 2.45) is 0 Å². The summed E-state index contributed by atoms with van der Waals surface area (Å²) in [6.07, 6.45) is 0.0998. The highest BCUT2D eigenvalue weighted by molar-refractivity contribution is 5.86. The number of nitrogens with one attached hydrogen (secondary N) is 7. The highest BCUT2D eigenvalue weighted by Crippen LogP contribution is 2.08. The third-order valence-corrected chi connectivity index (χ3v) is 9.65. The number of carbonyl (C=O) groups excluding carboxylic acids is 6. The van der Waals surface area contributed by atoms with Crippen molar-refractivity contribution in [2.75, 3.05) is 39.3 Å². The fourth-order valence-corrected chi connectivity index (χ4v) is 6.15. The molecule has 0 saturated carbocycles. The van der Waals surface area contributed by atoms with E-state index in [1.54, 1.807) is 0 Å². The molecule has 348 valence electrons. The fraction of sp³-hybridized carbons (Fsp3) is 0.375. The molecule has 0 fully saturated rings. The Labute approximate surface area is 380 Å². The number of benzene rings is 4. The van der Waals surface area contributed by atoms with Gasteiger partial charge in [0, 0.05) is 39.3 Å². The van der Waals surface area contributed by atoms with Crippen LogP contribution in [0.4, 0.5) is 19.2 Å². The summed E-state index contributed by atoms with van der Waals surface area (Å²) in [6, 6.07) is 35.2. The second kappa shape index (κ2) is 30.8. The van der Waals surface area contributed by atoms with Crippen LogP contribution in [-0.4, -0.2) is 87.5 Å². The number of rotatable bonds is 28. The van der Waals surface area contributed by atoms with E-state index in [1.807, 2.05) is 121 Å². The average molecular weight is 896 g/mol. The largest absolute Gasteiger partial charge is 0.445 e. The molecule has 17 heteroatoms. The summed E-state index contributed by atoms with van der Waals surface area (Å²) in [7, 11) is 0. The number of amides is 6. The van der Waals surface area contributed by atoms with Crippen LogP contribution in [0.2, 0.25) is 0 Å². The van der Waals surface area contributed by atoms with Gasteiger partial charge in [-0.25, -0.2) is 19.2 Å². The minimum absolute atomic E-state index is 0.0387. The standard InChI is InChI=1S/C48H61N7O10/c56-43(41(54-47(60)64-35-39-21-9-3-10-22-39)25-13-15-27-52-45(58)62-33-37-17-5-1-6-18-37)50-31-29-49-30-32-51-44(57)42(55-48(61)65-36-40-23-11-4-12-24-40)26-14-16-28-53-46(59)63-34-38-19-7-2-8-20-38/h1-12,17-24,41-42,49H,13-16,25-36H2,(H,50,56)(H,51,57)(H,52,58)(H,53,59)(H,54,60)(H,55,61)/t41-,42?/m0/s1. The molecule has 0 aliphatic rings. The maximum atomic E-state index is 13.2. The maximum Gasteiger partial charge on any atom is 0.408 e. The minimum atomic E-state index is -0.893. The second-order valence-electron chi connectivity index (χ2n) is 14.8. The Hall–Kier alpha value is -7.14. The second-order valence-corrected chi connectivity index (χ2v) is 14.8. The van der Waals surface area contributed by atoms with Gasteiger partial charge < -0.3 is 56.2 Å². The lowest BCUT2D eigenvalue weighted by molar-refractivity contribution is -0.123. The van der Waals surface area contributed by atoms with Gasteiger partial charge in [-0.2, -0.15) is 0 Å². The van der Waals surface area contributed by atoms with Gasteiger partial charge in [0.1, 0.15) is 38.5 Å². The lowest BCUT2D eigenvalue weighted by Gasteiger charge is -2.19. The number of alkyl carbamates (subject to hydrolysis) is 4. The molecule has 4 rings (SSSR count). The van der Waals surface area contributed by atoms with E-state index in [0.717, 1.165) is 22.3 Å². The van der Waals surface area contributed by atoms with Crippen LogP contribution in [0.5, 0.6) is 0 Å². The first-order valence-electron chi connectivity index (χ1n) is 21.8. The predicted octanol–water partition coefficient (Wildman–Crippen LogP) is 5.59. The molecule has 4 aromatic carbocycles. The summed E-state index contributed by atoms with van der Waals surface area (Å²) in [4.78, 5) is 76.1. The van der Waals surface area contributed by atoms with Crippen LogP contribution in [0.3, 0.4) is 0 Å². The van der Waals surface area contributed by atoms with Gasteiger partial charge in [0.25, 0.3) is 0 Å². The molecule has 2 atom stereocenters. The molecule has 0 aliphatic carbocycles. The van der Waals surface area contributed by atoms with Gasteiger partial charge in [-0.1, -0.05) is 121 Å². The first-order valence-corrected chi connectivity index (χ1v) is 21.8. The van der Waals surface area contributed by atoms with Gasteiger partial charge in [-0.15, -0.1) is 0 Å². The van der Waals surface area contributed by atoms with E-state index in [4.69, 9.17) is 18.9 Å². The Bertz CT molecular complexity index is 1850. The number of ether oxygens (including phenoxy) is 4. The quantitative estimate of drug-likeness (QED) is 0.0275. The first kappa shape index (κ1) is 50.5. The Morgan fingerprint density at radius 1 is 0.354 bits per heavy atom. The third-order valence-electron chi connectivity index (χ3n) is 9.65. The highest BCUT2D eigenvalue weighted by Gasteiger charge is 2.22. The van der Waals surface area contributed by atoms with Crippen LogP contribution in [0, 0.1) is 0 Å². The Morgan fingerprint density at radius 2 is 0.662 bits per heavy atom. The van der Waals surface area contributed by atoms with E-state index in [0.29, 0.717) is 64.7 Å². The molecule has 65 heavy (non-hydrogen) atoms. The summed E-state index contributed by atoms with van der Waals surface area (Å²) in [5, 5.41) is 19.5. The maximum absolute atomic E-state index is 13.2. The number of hydrogen-bond acceptors (Lipinski definition) is 11. The van der Waals surface area contributed by atoms with E-state index < -0.39 is 48.3 Å². The van der Waals surface area contributed by atoms with Crippen molar-refractivity contribution in [1.82, 2.24) is 37.2 Å². The van der Waals surface area contributed by atoms with E-state index >= 15 is 0 Å². The summed E-state index contributed by atoms with van der Waals surface area (Å²) in [5.41, 5.74) is 3.34. The van der Waals surface area contributed by atoms with Gasteiger partial charge in [-0.3, -0.25) is 9.59 Å². The zero-order valence-electron chi connectivity index (χ0n) is 36.6. The van der Waals surface area contributed by atoms with Gasteiger partial charge in [0.2, 0.25) is 11.8 Å². The molecular formula is C48H61N7O10. The molecule has 6 amide bonds. The van der Waals surface area contributed by atoms with Crippen LogP contribution < -0.4 is 37.2 Å². The van der Waals surface area contributed by atoms with Crippen LogP contribution in [-0.2, 0) is 55.0 Å².